The minimum Gasteiger partial charge on any atom is -0.490 e. The van der Waals surface area contributed by atoms with E-state index < -0.39 is 16.1 Å². The largest absolute Gasteiger partial charge is 0.490 e. The summed E-state index contributed by atoms with van der Waals surface area (Å²) in [7, 11) is -3.88. The molecule has 1 atom stereocenters. The third-order valence-electron chi connectivity index (χ3n) is 5.37. The lowest BCUT2D eigenvalue weighted by atomic mass is 10.0. The van der Waals surface area contributed by atoms with E-state index in [1.807, 2.05) is 0 Å². The summed E-state index contributed by atoms with van der Waals surface area (Å²) in [5.74, 6) is 0.307. The summed E-state index contributed by atoms with van der Waals surface area (Å²) >= 11 is 6.06. The van der Waals surface area contributed by atoms with E-state index in [2.05, 4.69) is 5.32 Å². The summed E-state index contributed by atoms with van der Waals surface area (Å²) in [5.41, 5.74) is 0.541. The molecular weight excluding hydrogens is 412 g/mol. The smallest absolute Gasteiger partial charge is 0.244 e. The fraction of sp³-hybridized carbons (Fsp3) is 0.381. The predicted octanol–water partition coefficient (Wildman–Crippen LogP) is 3.52. The Morgan fingerprint density at radius 1 is 1.07 bits per heavy atom. The van der Waals surface area contributed by atoms with Crippen LogP contribution in [-0.4, -0.2) is 37.8 Å². The van der Waals surface area contributed by atoms with Crippen LogP contribution in [0.4, 0.5) is 0 Å². The van der Waals surface area contributed by atoms with Crippen molar-refractivity contribution >= 4 is 27.5 Å². The van der Waals surface area contributed by atoms with E-state index in [0.29, 0.717) is 16.3 Å². The van der Waals surface area contributed by atoms with Gasteiger partial charge in [-0.15, -0.1) is 0 Å². The Morgan fingerprint density at radius 2 is 1.79 bits per heavy atom. The number of nitrogens with zero attached hydrogens (tertiary/aromatic N) is 1. The number of benzene rings is 2. The van der Waals surface area contributed by atoms with Crippen LogP contribution in [0.5, 0.6) is 5.75 Å². The normalized spacial score (nSPS) is 21.1. The van der Waals surface area contributed by atoms with Gasteiger partial charge < -0.3 is 10.1 Å². The molecule has 8 heteroatoms. The maximum atomic E-state index is 13.3. The van der Waals surface area contributed by atoms with Gasteiger partial charge in [-0.1, -0.05) is 23.7 Å². The number of sulfonamides is 1. The highest BCUT2D eigenvalue weighted by molar-refractivity contribution is 7.89. The second kappa shape index (κ2) is 8.34. The molecule has 4 rings (SSSR count). The number of piperazine rings is 1. The van der Waals surface area contributed by atoms with Crippen LogP contribution in [-0.2, 0) is 14.8 Å². The van der Waals surface area contributed by atoms with Crippen LogP contribution in [0.25, 0.3) is 0 Å². The summed E-state index contributed by atoms with van der Waals surface area (Å²) in [5, 5.41) is 3.20. The molecule has 1 aliphatic carbocycles. The minimum absolute atomic E-state index is 0.137. The molecule has 1 heterocycles. The number of halogens is 1. The van der Waals surface area contributed by atoms with Crippen LogP contribution < -0.4 is 10.1 Å². The number of nitrogens with one attached hydrogen (secondary N) is 1. The van der Waals surface area contributed by atoms with Gasteiger partial charge in [-0.25, -0.2) is 8.42 Å². The van der Waals surface area contributed by atoms with Crippen molar-refractivity contribution in [3.63, 3.8) is 0 Å². The first-order valence-corrected chi connectivity index (χ1v) is 11.6. The molecule has 29 heavy (non-hydrogen) atoms. The molecule has 1 amide bonds. The van der Waals surface area contributed by atoms with Gasteiger partial charge in [0.1, 0.15) is 11.8 Å². The van der Waals surface area contributed by atoms with Crippen molar-refractivity contribution in [2.75, 3.05) is 13.1 Å². The molecular formula is C21H23ClN2O4S. The molecule has 0 bridgehead atoms. The zero-order chi connectivity index (χ0) is 20.4. The standard InChI is InChI=1S/C21H23ClN2O4S/c22-16-5-3-4-15(14-16)20-21(25)23-12-13-24(20)29(26,27)19-10-8-18(9-11-19)28-17-6-1-2-7-17/h3-5,8-11,14,17,20H,1-2,6-7,12-13H2,(H,23,25). The summed E-state index contributed by atoms with van der Waals surface area (Å²) in [6, 6.07) is 12.2. The van der Waals surface area contributed by atoms with E-state index in [1.54, 1.807) is 48.5 Å². The molecule has 0 aromatic heterocycles. The molecule has 2 aromatic rings. The summed E-state index contributed by atoms with van der Waals surface area (Å²) < 4.78 is 33.8. The topological polar surface area (TPSA) is 75.7 Å². The van der Waals surface area contributed by atoms with E-state index in [4.69, 9.17) is 16.3 Å². The maximum Gasteiger partial charge on any atom is 0.244 e. The van der Waals surface area contributed by atoms with Crippen molar-refractivity contribution in [1.82, 2.24) is 9.62 Å². The van der Waals surface area contributed by atoms with Gasteiger partial charge in [0.2, 0.25) is 15.9 Å². The van der Waals surface area contributed by atoms with E-state index in [0.717, 1.165) is 12.8 Å². The maximum absolute atomic E-state index is 13.3. The van der Waals surface area contributed by atoms with Crippen LogP contribution >= 0.6 is 11.6 Å². The van der Waals surface area contributed by atoms with Crippen LogP contribution in [0.3, 0.4) is 0 Å². The van der Waals surface area contributed by atoms with Gasteiger partial charge in [0.15, 0.2) is 0 Å². The first kappa shape index (κ1) is 20.2. The van der Waals surface area contributed by atoms with Gasteiger partial charge in [-0.2, -0.15) is 4.31 Å². The number of hydrogen-bond acceptors (Lipinski definition) is 4. The number of rotatable bonds is 5. The zero-order valence-electron chi connectivity index (χ0n) is 15.9. The van der Waals surface area contributed by atoms with Crippen LogP contribution in [0.2, 0.25) is 5.02 Å². The Morgan fingerprint density at radius 3 is 2.48 bits per heavy atom. The van der Waals surface area contributed by atoms with E-state index in [9.17, 15) is 13.2 Å². The van der Waals surface area contributed by atoms with Gasteiger partial charge in [0.25, 0.3) is 0 Å². The first-order chi connectivity index (χ1) is 13.9. The van der Waals surface area contributed by atoms with Gasteiger partial charge in [-0.05, 0) is 67.6 Å². The molecule has 1 N–H and O–H groups in total. The van der Waals surface area contributed by atoms with Gasteiger partial charge in [-0.3, -0.25) is 4.79 Å². The number of ether oxygens (including phenoxy) is 1. The SMILES string of the molecule is O=C1NCCN(S(=O)(=O)c2ccc(OC3CCCC3)cc2)C1c1cccc(Cl)c1. The lowest BCUT2D eigenvalue weighted by molar-refractivity contribution is -0.126. The van der Waals surface area contributed by atoms with E-state index in [-0.39, 0.29) is 30.0 Å². The third-order valence-corrected chi connectivity index (χ3v) is 7.48. The zero-order valence-corrected chi connectivity index (χ0v) is 17.5. The highest BCUT2D eigenvalue weighted by atomic mass is 35.5. The van der Waals surface area contributed by atoms with Crippen LogP contribution in [0, 0.1) is 0 Å². The van der Waals surface area contributed by atoms with Crippen LogP contribution in [0.1, 0.15) is 37.3 Å². The Labute approximate surface area is 175 Å². The average molecular weight is 435 g/mol. The third kappa shape index (κ3) is 4.27. The van der Waals surface area contributed by atoms with Crippen molar-refractivity contribution in [3.8, 4) is 5.75 Å². The quantitative estimate of drug-likeness (QED) is 0.781. The molecule has 2 aliphatic rings. The molecule has 154 valence electrons. The lowest BCUT2D eigenvalue weighted by Crippen LogP contribution is -2.52. The molecule has 6 nitrogen and oxygen atoms in total. The van der Waals surface area contributed by atoms with Crippen molar-refractivity contribution in [2.24, 2.45) is 0 Å². The highest BCUT2D eigenvalue weighted by Gasteiger charge is 2.39. The fourth-order valence-electron chi connectivity index (χ4n) is 3.92. The first-order valence-electron chi connectivity index (χ1n) is 9.77. The molecule has 2 fully saturated rings. The van der Waals surface area contributed by atoms with E-state index >= 15 is 0 Å². The fourth-order valence-corrected chi connectivity index (χ4v) is 5.70. The van der Waals surface area contributed by atoms with Crippen molar-refractivity contribution in [3.05, 3.63) is 59.1 Å². The van der Waals surface area contributed by atoms with E-state index in [1.165, 1.54) is 17.1 Å². The number of amides is 1. The van der Waals surface area contributed by atoms with Crippen molar-refractivity contribution in [2.45, 2.75) is 42.7 Å². The molecule has 2 aromatic carbocycles. The Hall–Kier alpha value is -2.09. The number of hydrogen-bond donors (Lipinski definition) is 1. The molecule has 0 spiro atoms. The Bertz CT molecular complexity index is 988. The highest BCUT2D eigenvalue weighted by Crippen LogP contribution is 2.32. The number of carbonyl (C=O) groups excluding carboxylic acids is 1. The minimum atomic E-state index is -3.88. The Balaban J connectivity index is 1.61. The lowest BCUT2D eigenvalue weighted by Gasteiger charge is -2.34. The second-order valence-electron chi connectivity index (χ2n) is 7.36. The van der Waals surface area contributed by atoms with Gasteiger partial charge >= 0.3 is 0 Å². The summed E-state index contributed by atoms with van der Waals surface area (Å²) in [6.45, 7) is 0.448. The predicted molar refractivity (Wildman–Crippen MR) is 110 cm³/mol. The van der Waals surface area contributed by atoms with Crippen molar-refractivity contribution in [1.29, 1.82) is 0 Å². The molecule has 1 saturated carbocycles. The molecule has 1 aliphatic heterocycles. The van der Waals surface area contributed by atoms with Crippen LogP contribution in [0.15, 0.2) is 53.4 Å². The molecule has 1 saturated heterocycles. The Kier molecular flexibility index (Phi) is 5.81. The van der Waals surface area contributed by atoms with Crippen molar-refractivity contribution < 1.29 is 17.9 Å². The molecule has 0 radical (unpaired) electrons. The monoisotopic (exact) mass is 434 g/mol. The molecule has 1 unspecified atom stereocenters. The second-order valence-corrected chi connectivity index (χ2v) is 9.69. The van der Waals surface area contributed by atoms with Gasteiger partial charge in [0, 0.05) is 18.1 Å². The summed E-state index contributed by atoms with van der Waals surface area (Å²) in [6.07, 6.45) is 4.60. The number of carbonyl (C=O) groups is 1. The summed E-state index contributed by atoms with van der Waals surface area (Å²) in [4.78, 5) is 12.7. The average Bonchev–Trinajstić information content (AvgIpc) is 3.21. The van der Waals surface area contributed by atoms with Gasteiger partial charge in [0.05, 0.1) is 11.0 Å².